The smallest absolute Gasteiger partial charge is 0.327 e. The molecule has 35 heavy (non-hydrogen) atoms. The first kappa shape index (κ1) is 22.8. The van der Waals surface area contributed by atoms with E-state index < -0.39 is 23.7 Å². The molecular weight excluding hydrogens is 470 g/mol. The van der Waals surface area contributed by atoms with E-state index in [4.69, 9.17) is 4.52 Å². The minimum Gasteiger partial charge on any atom is -0.334 e. The number of halogens is 2. The van der Waals surface area contributed by atoms with Gasteiger partial charge < -0.3 is 9.84 Å². The van der Waals surface area contributed by atoms with Crippen molar-refractivity contribution in [2.75, 3.05) is 11.2 Å². The second-order valence-corrected chi connectivity index (χ2v) is 8.78. The Bertz CT molecular complexity index is 1440. The Kier molecular flexibility index (Phi) is 6.08. The summed E-state index contributed by atoms with van der Waals surface area (Å²) < 4.78 is 33.7. The SMILES string of the molecule is CSc1ccc(-c2noc(C3=C(C)N(c4cccc(F)c4)C(=O)NC3c3cccc(F)c3)n2)cc1. The van der Waals surface area contributed by atoms with Gasteiger partial charge in [-0.1, -0.05) is 23.4 Å². The van der Waals surface area contributed by atoms with Crippen LogP contribution in [0, 0.1) is 11.6 Å². The highest BCUT2D eigenvalue weighted by molar-refractivity contribution is 7.98. The molecule has 5 rings (SSSR count). The van der Waals surface area contributed by atoms with Gasteiger partial charge in [-0.05, 0) is 73.3 Å². The quantitative estimate of drug-likeness (QED) is 0.326. The topological polar surface area (TPSA) is 71.3 Å². The molecule has 4 aromatic rings. The molecule has 1 aromatic heterocycles. The Morgan fingerprint density at radius 3 is 2.40 bits per heavy atom. The molecule has 3 aromatic carbocycles. The van der Waals surface area contributed by atoms with Crippen LogP contribution in [0.1, 0.15) is 24.4 Å². The number of nitrogens with one attached hydrogen (secondary N) is 1. The summed E-state index contributed by atoms with van der Waals surface area (Å²) >= 11 is 1.62. The zero-order valence-corrected chi connectivity index (χ0v) is 19.6. The molecule has 0 fully saturated rings. The highest BCUT2D eigenvalue weighted by atomic mass is 32.2. The zero-order chi connectivity index (χ0) is 24.5. The molecule has 6 nitrogen and oxygen atoms in total. The Morgan fingerprint density at radius 1 is 1.00 bits per heavy atom. The summed E-state index contributed by atoms with van der Waals surface area (Å²) in [6.07, 6.45) is 1.99. The predicted octanol–water partition coefficient (Wildman–Crippen LogP) is 6.44. The minimum atomic E-state index is -0.754. The number of aromatic nitrogens is 2. The molecule has 0 saturated heterocycles. The first-order valence-electron chi connectivity index (χ1n) is 10.8. The summed E-state index contributed by atoms with van der Waals surface area (Å²) in [4.78, 5) is 20.2. The highest BCUT2D eigenvalue weighted by Crippen LogP contribution is 2.39. The number of allylic oxidation sites excluding steroid dienone is 1. The lowest BCUT2D eigenvalue weighted by Gasteiger charge is -2.35. The van der Waals surface area contributed by atoms with Crippen molar-refractivity contribution in [1.82, 2.24) is 15.5 Å². The summed E-state index contributed by atoms with van der Waals surface area (Å²) in [7, 11) is 0. The number of hydrogen-bond donors (Lipinski definition) is 1. The van der Waals surface area contributed by atoms with Crippen molar-refractivity contribution in [3.63, 3.8) is 0 Å². The number of nitrogens with zero attached hydrogens (tertiary/aromatic N) is 3. The summed E-state index contributed by atoms with van der Waals surface area (Å²) in [6.45, 7) is 1.71. The number of carbonyl (C=O) groups excluding carboxylic acids is 1. The maximum absolute atomic E-state index is 14.1. The van der Waals surface area contributed by atoms with E-state index in [0.717, 1.165) is 10.5 Å². The second kappa shape index (κ2) is 9.34. The van der Waals surface area contributed by atoms with Gasteiger partial charge in [0.25, 0.3) is 5.89 Å². The van der Waals surface area contributed by atoms with Crippen LogP contribution in [-0.4, -0.2) is 22.4 Å². The number of hydrogen-bond acceptors (Lipinski definition) is 5. The van der Waals surface area contributed by atoms with Crippen LogP contribution in [0.5, 0.6) is 0 Å². The van der Waals surface area contributed by atoms with Crippen LogP contribution in [0.4, 0.5) is 19.3 Å². The van der Waals surface area contributed by atoms with Crippen molar-refractivity contribution < 1.29 is 18.1 Å². The maximum Gasteiger partial charge on any atom is 0.327 e. The molecule has 1 aliphatic heterocycles. The van der Waals surface area contributed by atoms with Crippen molar-refractivity contribution in [2.45, 2.75) is 17.9 Å². The number of thioether (sulfide) groups is 1. The Balaban J connectivity index is 1.64. The molecule has 0 aliphatic carbocycles. The number of carbonyl (C=O) groups is 1. The molecule has 0 spiro atoms. The molecule has 176 valence electrons. The lowest BCUT2D eigenvalue weighted by Crippen LogP contribution is -2.46. The molecule has 9 heteroatoms. The maximum atomic E-state index is 14.1. The fourth-order valence-corrected chi connectivity index (χ4v) is 4.48. The molecule has 1 unspecified atom stereocenters. The van der Waals surface area contributed by atoms with Gasteiger partial charge in [-0.25, -0.2) is 13.6 Å². The van der Waals surface area contributed by atoms with Crippen LogP contribution in [0.2, 0.25) is 0 Å². The summed E-state index contributed by atoms with van der Waals surface area (Å²) in [6, 6.07) is 18.1. The molecule has 2 amide bonds. The lowest BCUT2D eigenvalue weighted by atomic mass is 9.94. The Morgan fingerprint density at radius 2 is 1.71 bits per heavy atom. The van der Waals surface area contributed by atoms with E-state index in [-0.39, 0.29) is 5.89 Å². The van der Waals surface area contributed by atoms with Crippen LogP contribution < -0.4 is 10.2 Å². The van der Waals surface area contributed by atoms with Gasteiger partial charge in [0, 0.05) is 16.2 Å². The second-order valence-electron chi connectivity index (χ2n) is 7.90. The number of anilines is 1. The largest absolute Gasteiger partial charge is 0.334 e. The fraction of sp³-hybridized carbons (Fsp3) is 0.115. The molecule has 1 atom stereocenters. The van der Waals surface area contributed by atoms with Gasteiger partial charge in [-0.2, -0.15) is 4.98 Å². The third-order valence-corrected chi connectivity index (χ3v) is 6.48. The van der Waals surface area contributed by atoms with Gasteiger partial charge in [-0.15, -0.1) is 11.8 Å². The summed E-state index contributed by atoms with van der Waals surface area (Å²) in [5.41, 5.74) is 2.55. The molecule has 0 bridgehead atoms. The van der Waals surface area contributed by atoms with Crippen molar-refractivity contribution in [3.8, 4) is 11.4 Å². The monoisotopic (exact) mass is 490 g/mol. The van der Waals surface area contributed by atoms with Gasteiger partial charge in [0.2, 0.25) is 5.82 Å². The van der Waals surface area contributed by atoms with Crippen LogP contribution in [0.3, 0.4) is 0 Å². The van der Waals surface area contributed by atoms with E-state index in [0.29, 0.717) is 28.3 Å². The van der Waals surface area contributed by atoms with Crippen LogP contribution in [0.15, 0.2) is 87.9 Å². The normalized spacial score (nSPS) is 15.9. The molecule has 1 N–H and O–H groups in total. The van der Waals surface area contributed by atoms with Crippen LogP contribution >= 0.6 is 11.8 Å². The van der Waals surface area contributed by atoms with E-state index in [1.807, 2.05) is 30.5 Å². The van der Waals surface area contributed by atoms with Gasteiger partial charge in [0.1, 0.15) is 11.6 Å². The van der Waals surface area contributed by atoms with Crippen molar-refractivity contribution in [3.05, 3.63) is 102 Å². The van der Waals surface area contributed by atoms with Crippen molar-refractivity contribution in [1.29, 1.82) is 0 Å². The number of urea groups is 1. The molecule has 0 saturated carbocycles. The lowest BCUT2D eigenvalue weighted by molar-refractivity contribution is 0.244. The van der Waals surface area contributed by atoms with Crippen LogP contribution in [0.25, 0.3) is 17.0 Å². The third-order valence-electron chi connectivity index (χ3n) is 5.74. The van der Waals surface area contributed by atoms with Gasteiger partial charge >= 0.3 is 6.03 Å². The molecule has 2 heterocycles. The highest BCUT2D eigenvalue weighted by Gasteiger charge is 2.36. The number of rotatable bonds is 5. The van der Waals surface area contributed by atoms with E-state index in [9.17, 15) is 13.6 Å². The first-order valence-corrected chi connectivity index (χ1v) is 12.0. The average molecular weight is 491 g/mol. The molecule has 1 aliphatic rings. The Labute approximate surface area is 204 Å². The first-order chi connectivity index (χ1) is 16.9. The number of amides is 2. The Hall–Kier alpha value is -3.98. The number of benzene rings is 3. The zero-order valence-electron chi connectivity index (χ0n) is 18.8. The third kappa shape index (κ3) is 4.42. The van der Waals surface area contributed by atoms with Crippen molar-refractivity contribution >= 4 is 29.1 Å². The van der Waals surface area contributed by atoms with E-state index >= 15 is 0 Å². The van der Waals surface area contributed by atoms with Crippen molar-refractivity contribution in [2.24, 2.45) is 0 Å². The van der Waals surface area contributed by atoms with E-state index in [2.05, 4.69) is 15.5 Å². The summed E-state index contributed by atoms with van der Waals surface area (Å²) in [5, 5.41) is 7.02. The van der Waals surface area contributed by atoms with Gasteiger partial charge in [0.05, 0.1) is 17.3 Å². The van der Waals surface area contributed by atoms with Gasteiger partial charge in [0.15, 0.2) is 0 Å². The minimum absolute atomic E-state index is 0.169. The average Bonchev–Trinajstić information content (AvgIpc) is 3.33. The predicted molar refractivity (Wildman–Crippen MR) is 131 cm³/mol. The van der Waals surface area contributed by atoms with E-state index in [1.54, 1.807) is 36.9 Å². The van der Waals surface area contributed by atoms with E-state index in [1.165, 1.54) is 35.2 Å². The standard InChI is InChI=1S/C26H20F2N4O2S/c1-15-22(25-30-24(31-34-25)16-9-11-21(35-2)12-10-16)23(17-5-3-6-18(27)13-17)29-26(33)32(15)20-8-4-7-19(28)14-20/h3-14,23H,1-2H3,(H,29,33). The molecular formula is C26H20F2N4O2S. The summed E-state index contributed by atoms with van der Waals surface area (Å²) in [5.74, 6) is -0.380. The fourth-order valence-electron chi connectivity index (χ4n) is 4.07. The van der Waals surface area contributed by atoms with Crippen LogP contribution in [-0.2, 0) is 0 Å². The molecule has 0 radical (unpaired) electrons. The van der Waals surface area contributed by atoms with Gasteiger partial charge in [-0.3, -0.25) is 4.90 Å².